The highest BCUT2D eigenvalue weighted by atomic mass is 35.5. The van der Waals surface area contributed by atoms with Gasteiger partial charge in [0.1, 0.15) is 5.01 Å². The molecule has 0 saturated carbocycles. The Morgan fingerprint density at radius 2 is 2.10 bits per heavy atom. The fraction of sp³-hybridized carbons (Fsp3) is 0.333. The normalized spacial score (nSPS) is 17.5. The lowest BCUT2D eigenvalue weighted by atomic mass is 9.88. The van der Waals surface area contributed by atoms with Crippen molar-refractivity contribution in [2.45, 2.75) is 32.2 Å². The lowest BCUT2D eigenvalue weighted by molar-refractivity contribution is 0.0697. The smallest absolute Gasteiger partial charge is 0.335 e. The standard InChI is InChI=1S/C24H26ClN3O2S/c1-15-22(31-23(27-15)16-7-9-19(25)10-8-16)13-21(26)18-5-3-11-28(14-18)20-6-2-4-17(12-20)24(29)30/h2,4,6-10,12,18,21H,3,5,11,13-14,26H2,1H3,(H,29,30)/t18-,21?/m0/s1. The molecule has 2 aromatic carbocycles. The molecule has 3 aromatic rings. The number of nitrogens with zero attached hydrogens (tertiary/aromatic N) is 2. The van der Waals surface area contributed by atoms with Crippen LogP contribution in [0.15, 0.2) is 48.5 Å². The van der Waals surface area contributed by atoms with Crippen LogP contribution in [-0.2, 0) is 6.42 Å². The van der Waals surface area contributed by atoms with Gasteiger partial charge in [0.05, 0.1) is 11.3 Å². The summed E-state index contributed by atoms with van der Waals surface area (Å²) in [6.45, 7) is 3.81. The number of anilines is 1. The van der Waals surface area contributed by atoms with Crippen molar-refractivity contribution in [3.05, 3.63) is 69.7 Å². The molecule has 1 aromatic heterocycles. The highest BCUT2D eigenvalue weighted by Gasteiger charge is 2.27. The molecular formula is C24H26ClN3O2S. The van der Waals surface area contributed by atoms with Gasteiger partial charge in [0.15, 0.2) is 0 Å². The Labute approximate surface area is 191 Å². The number of carboxylic acid groups (broad SMARTS) is 1. The van der Waals surface area contributed by atoms with Crippen molar-refractivity contribution in [2.24, 2.45) is 11.7 Å². The zero-order valence-electron chi connectivity index (χ0n) is 17.4. The number of thiazole rings is 1. The monoisotopic (exact) mass is 455 g/mol. The van der Waals surface area contributed by atoms with Crippen LogP contribution in [-0.4, -0.2) is 35.2 Å². The molecule has 2 atom stereocenters. The maximum Gasteiger partial charge on any atom is 0.335 e. The first kappa shape index (κ1) is 21.8. The molecule has 0 radical (unpaired) electrons. The molecule has 1 saturated heterocycles. The van der Waals surface area contributed by atoms with Crippen LogP contribution in [0.2, 0.25) is 5.02 Å². The number of aromatic carboxylic acids is 1. The number of aryl methyl sites for hydroxylation is 1. The highest BCUT2D eigenvalue weighted by molar-refractivity contribution is 7.15. The second kappa shape index (κ2) is 9.39. The Kier molecular flexibility index (Phi) is 6.60. The molecule has 1 unspecified atom stereocenters. The summed E-state index contributed by atoms with van der Waals surface area (Å²) in [7, 11) is 0. The van der Waals surface area contributed by atoms with E-state index in [4.69, 9.17) is 22.3 Å². The lowest BCUT2D eigenvalue weighted by Crippen LogP contribution is -2.44. The fourth-order valence-electron chi connectivity index (χ4n) is 4.14. The van der Waals surface area contributed by atoms with E-state index in [2.05, 4.69) is 4.90 Å². The summed E-state index contributed by atoms with van der Waals surface area (Å²) < 4.78 is 0. The molecule has 4 rings (SSSR count). The van der Waals surface area contributed by atoms with E-state index in [-0.39, 0.29) is 6.04 Å². The van der Waals surface area contributed by atoms with Crippen LogP contribution in [0.4, 0.5) is 5.69 Å². The number of piperidine rings is 1. The minimum absolute atomic E-state index is 0.0303. The van der Waals surface area contributed by atoms with E-state index >= 15 is 0 Å². The Bertz CT molecular complexity index is 1070. The number of rotatable bonds is 6. The topological polar surface area (TPSA) is 79.5 Å². The molecule has 7 heteroatoms. The number of hydrogen-bond acceptors (Lipinski definition) is 5. The van der Waals surface area contributed by atoms with Crippen molar-refractivity contribution >= 4 is 34.6 Å². The second-order valence-electron chi connectivity index (χ2n) is 8.11. The molecular weight excluding hydrogens is 430 g/mol. The van der Waals surface area contributed by atoms with Gasteiger partial charge in [-0.25, -0.2) is 9.78 Å². The number of benzene rings is 2. The minimum atomic E-state index is -0.899. The van der Waals surface area contributed by atoms with E-state index in [0.29, 0.717) is 11.5 Å². The van der Waals surface area contributed by atoms with Crippen molar-refractivity contribution in [2.75, 3.05) is 18.0 Å². The summed E-state index contributed by atoms with van der Waals surface area (Å²) in [5.41, 5.74) is 10.1. The lowest BCUT2D eigenvalue weighted by Gasteiger charge is -2.37. The van der Waals surface area contributed by atoms with Gasteiger partial charge < -0.3 is 15.7 Å². The van der Waals surface area contributed by atoms with E-state index in [0.717, 1.165) is 59.3 Å². The zero-order valence-corrected chi connectivity index (χ0v) is 19.0. The minimum Gasteiger partial charge on any atom is -0.478 e. The Hall–Kier alpha value is -2.41. The van der Waals surface area contributed by atoms with E-state index < -0.39 is 5.97 Å². The molecule has 5 nitrogen and oxygen atoms in total. The van der Waals surface area contributed by atoms with E-state index in [1.54, 1.807) is 29.5 Å². The third-order valence-electron chi connectivity index (χ3n) is 5.93. The predicted molar refractivity (Wildman–Crippen MR) is 127 cm³/mol. The zero-order chi connectivity index (χ0) is 22.0. The summed E-state index contributed by atoms with van der Waals surface area (Å²) in [6, 6.07) is 15.0. The third kappa shape index (κ3) is 5.09. The summed E-state index contributed by atoms with van der Waals surface area (Å²) in [5, 5.41) is 11.0. The third-order valence-corrected chi connectivity index (χ3v) is 7.41. The van der Waals surface area contributed by atoms with Gasteiger partial charge in [0, 0.05) is 40.3 Å². The summed E-state index contributed by atoms with van der Waals surface area (Å²) in [4.78, 5) is 19.6. The Morgan fingerprint density at radius 1 is 1.32 bits per heavy atom. The maximum absolute atomic E-state index is 11.3. The van der Waals surface area contributed by atoms with Crippen LogP contribution in [0.1, 0.15) is 33.8 Å². The Morgan fingerprint density at radius 3 is 2.84 bits per heavy atom. The van der Waals surface area contributed by atoms with Gasteiger partial charge in [-0.3, -0.25) is 0 Å². The summed E-state index contributed by atoms with van der Waals surface area (Å²) in [5.74, 6) is -0.549. The molecule has 0 spiro atoms. The highest BCUT2D eigenvalue weighted by Crippen LogP contribution is 2.32. The SMILES string of the molecule is Cc1nc(-c2ccc(Cl)cc2)sc1CC(N)[C@H]1CCCN(c2cccc(C(=O)O)c2)C1. The van der Waals surface area contributed by atoms with E-state index in [1.165, 1.54) is 4.88 Å². The van der Waals surface area contributed by atoms with Crippen molar-refractivity contribution in [3.63, 3.8) is 0 Å². The molecule has 1 aliphatic rings. The Balaban J connectivity index is 1.45. The molecule has 0 aliphatic carbocycles. The molecule has 31 heavy (non-hydrogen) atoms. The number of aromatic nitrogens is 1. The van der Waals surface area contributed by atoms with Crippen LogP contribution in [0, 0.1) is 12.8 Å². The number of halogens is 1. The van der Waals surface area contributed by atoms with Gasteiger partial charge in [0.25, 0.3) is 0 Å². The predicted octanol–water partition coefficient (Wildman–Crippen LogP) is 5.26. The summed E-state index contributed by atoms with van der Waals surface area (Å²) >= 11 is 7.70. The van der Waals surface area contributed by atoms with Crippen molar-refractivity contribution < 1.29 is 9.90 Å². The maximum atomic E-state index is 11.3. The first-order valence-corrected chi connectivity index (χ1v) is 11.7. The number of hydrogen-bond donors (Lipinski definition) is 2. The van der Waals surface area contributed by atoms with Gasteiger partial charge in [0.2, 0.25) is 0 Å². The van der Waals surface area contributed by atoms with Crippen LogP contribution in [0.3, 0.4) is 0 Å². The van der Waals surface area contributed by atoms with Gasteiger partial charge in [-0.05, 0) is 62.4 Å². The molecule has 1 fully saturated rings. The first-order chi connectivity index (χ1) is 14.9. The largest absolute Gasteiger partial charge is 0.478 e. The van der Waals surface area contributed by atoms with Crippen molar-refractivity contribution in [3.8, 4) is 10.6 Å². The summed E-state index contributed by atoms with van der Waals surface area (Å²) in [6.07, 6.45) is 2.93. The number of carboxylic acids is 1. The number of carbonyl (C=O) groups is 1. The van der Waals surface area contributed by atoms with Gasteiger partial charge >= 0.3 is 5.97 Å². The molecule has 1 aliphatic heterocycles. The fourth-order valence-corrected chi connectivity index (χ4v) is 5.41. The second-order valence-corrected chi connectivity index (χ2v) is 9.63. The van der Waals surface area contributed by atoms with Crippen LogP contribution >= 0.6 is 22.9 Å². The molecule has 3 N–H and O–H groups in total. The van der Waals surface area contributed by atoms with Crippen LogP contribution < -0.4 is 10.6 Å². The molecule has 162 valence electrons. The molecule has 0 amide bonds. The van der Waals surface area contributed by atoms with Gasteiger partial charge in [-0.15, -0.1) is 11.3 Å². The first-order valence-electron chi connectivity index (χ1n) is 10.5. The van der Waals surface area contributed by atoms with Crippen LogP contribution in [0.5, 0.6) is 0 Å². The average Bonchev–Trinajstić information content (AvgIpc) is 3.14. The van der Waals surface area contributed by atoms with E-state index in [1.807, 2.05) is 37.3 Å². The van der Waals surface area contributed by atoms with Crippen LogP contribution in [0.25, 0.3) is 10.6 Å². The molecule has 2 heterocycles. The quantitative estimate of drug-likeness (QED) is 0.530. The van der Waals surface area contributed by atoms with E-state index in [9.17, 15) is 9.90 Å². The van der Waals surface area contributed by atoms with Crippen molar-refractivity contribution in [1.82, 2.24) is 4.98 Å². The molecule has 0 bridgehead atoms. The average molecular weight is 456 g/mol. The van der Waals surface area contributed by atoms with Gasteiger partial charge in [-0.1, -0.05) is 29.8 Å². The number of nitrogens with two attached hydrogens (primary N) is 1. The van der Waals surface area contributed by atoms with Crippen molar-refractivity contribution in [1.29, 1.82) is 0 Å². The van der Waals surface area contributed by atoms with Gasteiger partial charge in [-0.2, -0.15) is 0 Å².